The smallest absolute Gasteiger partial charge is 0.231 e. The summed E-state index contributed by atoms with van der Waals surface area (Å²) in [6.45, 7) is 2.70. The lowest BCUT2D eigenvalue weighted by Crippen LogP contribution is -2.28. The molecule has 126 valence electrons. The Kier molecular flexibility index (Phi) is 4.86. The first kappa shape index (κ1) is 16.5. The number of nitrogens with zero attached hydrogens (tertiary/aromatic N) is 3. The summed E-state index contributed by atoms with van der Waals surface area (Å²) in [5.41, 5.74) is 1.90. The molecule has 1 N–H and O–H groups in total. The Balaban J connectivity index is 1.65. The van der Waals surface area contributed by atoms with Crippen molar-refractivity contribution in [2.75, 3.05) is 23.9 Å². The van der Waals surface area contributed by atoms with E-state index in [4.69, 9.17) is 4.74 Å². The second kappa shape index (κ2) is 7.06. The third-order valence-electron chi connectivity index (χ3n) is 3.77. The predicted octanol–water partition coefficient (Wildman–Crippen LogP) is 1.98. The highest BCUT2D eigenvalue weighted by molar-refractivity contribution is 7.15. The molecule has 0 bridgehead atoms. The molecule has 1 unspecified atom stereocenters. The van der Waals surface area contributed by atoms with Crippen LogP contribution in [0, 0.1) is 12.8 Å². The summed E-state index contributed by atoms with van der Waals surface area (Å²) in [6, 6.07) is 7.71. The van der Waals surface area contributed by atoms with Crippen LogP contribution in [0.15, 0.2) is 24.3 Å². The van der Waals surface area contributed by atoms with E-state index in [-0.39, 0.29) is 18.2 Å². The number of carbonyl (C=O) groups is 2. The van der Waals surface area contributed by atoms with Crippen LogP contribution in [0.2, 0.25) is 0 Å². The molecular weight excluding hydrogens is 328 g/mol. The van der Waals surface area contributed by atoms with Crippen molar-refractivity contribution >= 4 is 34.0 Å². The number of anilines is 2. The van der Waals surface area contributed by atoms with Crippen LogP contribution in [0.25, 0.3) is 0 Å². The Hall–Kier alpha value is -2.32. The summed E-state index contributed by atoms with van der Waals surface area (Å²) in [4.78, 5) is 26.3. The maximum Gasteiger partial charge on any atom is 0.231 e. The van der Waals surface area contributed by atoms with Crippen LogP contribution >= 0.6 is 11.3 Å². The molecule has 1 aliphatic heterocycles. The van der Waals surface area contributed by atoms with Crippen LogP contribution in [0.3, 0.4) is 0 Å². The fourth-order valence-corrected chi connectivity index (χ4v) is 3.34. The number of aryl methyl sites for hydroxylation is 1. The molecule has 1 fully saturated rings. The monoisotopic (exact) mass is 346 g/mol. The van der Waals surface area contributed by atoms with Crippen molar-refractivity contribution in [1.82, 2.24) is 10.2 Å². The fraction of sp³-hybridized carbons (Fsp3) is 0.375. The molecule has 2 amide bonds. The predicted molar refractivity (Wildman–Crippen MR) is 90.9 cm³/mol. The first-order chi connectivity index (χ1) is 11.6. The molecule has 1 saturated heterocycles. The standard InChI is InChI=1S/C16H18N4O3S/c1-10-4-3-5-12(6-10)20-8-11(7-14(20)21)15(22)17-16-19-18-13(24-16)9-23-2/h3-6,11H,7-9H2,1-2H3,(H,17,19,22). The van der Waals surface area contributed by atoms with Gasteiger partial charge in [0.05, 0.1) is 5.92 Å². The second-order valence-electron chi connectivity index (χ2n) is 5.67. The van der Waals surface area contributed by atoms with E-state index in [0.29, 0.717) is 23.3 Å². The van der Waals surface area contributed by atoms with Crippen molar-refractivity contribution in [2.24, 2.45) is 5.92 Å². The molecule has 0 radical (unpaired) electrons. The van der Waals surface area contributed by atoms with Gasteiger partial charge in [-0.2, -0.15) is 0 Å². The highest BCUT2D eigenvalue weighted by Gasteiger charge is 2.35. The molecule has 1 aromatic heterocycles. The third kappa shape index (κ3) is 3.60. The molecule has 0 spiro atoms. The van der Waals surface area contributed by atoms with Gasteiger partial charge >= 0.3 is 0 Å². The van der Waals surface area contributed by atoms with Gasteiger partial charge in [0.1, 0.15) is 11.6 Å². The lowest BCUT2D eigenvalue weighted by molar-refractivity contribution is -0.122. The maximum absolute atomic E-state index is 12.4. The quantitative estimate of drug-likeness (QED) is 0.895. The van der Waals surface area contributed by atoms with Gasteiger partial charge in [0.15, 0.2) is 0 Å². The maximum atomic E-state index is 12.4. The van der Waals surface area contributed by atoms with Crippen molar-refractivity contribution in [3.05, 3.63) is 34.8 Å². The Morgan fingerprint density at radius 3 is 3.04 bits per heavy atom. The summed E-state index contributed by atoms with van der Waals surface area (Å²) in [6.07, 6.45) is 0.198. The van der Waals surface area contributed by atoms with E-state index in [1.54, 1.807) is 12.0 Å². The van der Waals surface area contributed by atoms with Crippen LogP contribution < -0.4 is 10.2 Å². The summed E-state index contributed by atoms with van der Waals surface area (Å²) >= 11 is 1.27. The number of hydrogen-bond acceptors (Lipinski definition) is 6. The van der Waals surface area contributed by atoms with Crippen molar-refractivity contribution in [3.63, 3.8) is 0 Å². The topological polar surface area (TPSA) is 84.4 Å². The average Bonchev–Trinajstić information content (AvgIpc) is 3.14. The fourth-order valence-electron chi connectivity index (χ4n) is 2.62. The van der Waals surface area contributed by atoms with Crippen molar-refractivity contribution in [2.45, 2.75) is 20.0 Å². The van der Waals surface area contributed by atoms with E-state index in [0.717, 1.165) is 11.3 Å². The number of benzene rings is 1. The van der Waals surface area contributed by atoms with E-state index in [2.05, 4.69) is 15.5 Å². The van der Waals surface area contributed by atoms with Crippen LogP contribution in [-0.4, -0.2) is 35.7 Å². The lowest BCUT2D eigenvalue weighted by Gasteiger charge is -2.17. The molecule has 1 atom stereocenters. The van der Waals surface area contributed by atoms with Crippen LogP contribution in [0.1, 0.15) is 17.0 Å². The highest BCUT2D eigenvalue weighted by Crippen LogP contribution is 2.27. The molecule has 0 saturated carbocycles. The van der Waals surface area contributed by atoms with Gasteiger partial charge in [-0.3, -0.25) is 9.59 Å². The Morgan fingerprint density at radius 1 is 1.46 bits per heavy atom. The molecule has 24 heavy (non-hydrogen) atoms. The van der Waals surface area contributed by atoms with Gasteiger partial charge in [0.25, 0.3) is 0 Å². The minimum Gasteiger partial charge on any atom is -0.377 e. The molecule has 8 heteroatoms. The Labute approximate surface area is 143 Å². The zero-order chi connectivity index (χ0) is 17.1. The van der Waals surface area contributed by atoms with E-state index in [1.165, 1.54) is 11.3 Å². The number of nitrogens with one attached hydrogen (secondary N) is 1. The second-order valence-corrected chi connectivity index (χ2v) is 6.73. The lowest BCUT2D eigenvalue weighted by atomic mass is 10.1. The summed E-state index contributed by atoms with van der Waals surface area (Å²) in [5, 5.41) is 11.7. The van der Waals surface area contributed by atoms with Crippen molar-refractivity contribution in [3.8, 4) is 0 Å². The number of carbonyl (C=O) groups excluding carboxylic acids is 2. The number of amides is 2. The van der Waals surface area contributed by atoms with Crippen LogP contribution in [0.4, 0.5) is 10.8 Å². The van der Waals surface area contributed by atoms with E-state index in [9.17, 15) is 9.59 Å². The van der Waals surface area contributed by atoms with E-state index in [1.807, 2.05) is 31.2 Å². The van der Waals surface area contributed by atoms with Gasteiger partial charge < -0.3 is 15.0 Å². The van der Waals surface area contributed by atoms with Gasteiger partial charge in [-0.1, -0.05) is 23.5 Å². The zero-order valence-electron chi connectivity index (χ0n) is 13.5. The molecular formula is C16H18N4O3S. The van der Waals surface area contributed by atoms with Gasteiger partial charge in [-0.15, -0.1) is 10.2 Å². The van der Waals surface area contributed by atoms with Crippen molar-refractivity contribution in [1.29, 1.82) is 0 Å². The minimum absolute atomic E-state index is 0.0434. The van der Waals surface area contributed by atoms with Gasteiger partial charge in [-0.25, -0.2) is 0 Å². The minimum atomic E-state index is -0.396. The van der Waals surface area contributed by atoms with Gasteiger partial charge in [0, 0.05) is 25.8 Å². The van der Waals surface area contributed by atoms with Crippen LogP contribution in [-0.2, 0) is 20.9 Å². The van der Waals surface area contributed by atoms with Crippen molar-refractivity contribution < 1.29 is 14.3 Å². The molecule has 1 aliphatic rings. The SMILES string of the molecule is COCc1nnc(NC(=O)C2CC(=O)N(c3cccc(C)c3)C2)s1. The molecule has 1 aromatic carbocycles. The number of aromatic nitrogens is 2. The van der Waals surface area contributed by atoms with Gasteiger partial charge in [0.2, 0.25) is 16.9 Å². The number of rotatable bonds is 5. The van der Waals surface area contributed by atoms with Gasteiger partial charge in [-0.05, 0) is 24.6 Å². The van der Waals surface area contributed by atoms with Crippen LogP contribution in [0.5, 0.6) is 0 Å². The average molecular weight is 346 g/mol. The number of methoxy groups -OCH3 is 1. The summed E-state index contributed by atoms with van der Waals surface area (Å²) in [7, 11) is 1.57. The normalized spacial score (nSPS) is 17.3. The Morgan fingerprint density at radius 2 is 2.29 bits per heavy atom. The molecule has 0 aliphatic carbocycles. The zero-order valence-corrected chi connectivity index (χ0v) is 14.3. The highest BCUT2D eigenvalue weighted by atomic mass is 32.1. The van der Waals surface area contributed by atoms with E-state index >= 15 is 0 Å². The first-order valence-electron chi connectivity index (χ1n) is 7.56. The number of hydrogen-bond donors (Lipinski definition) is 1. The first-order valence-corrected chi connectivity index (χ1v) is 8.37. The Bertz CT molecular complexity index is 761. The molecule has 7 nitrogen and oxygen atoms in total. The van der Waals surface area contributed by atoms with E-state index < -0.39 is 5.92 Å². The summed E-state index contributed by atoms with van der Waals surface area (Å²) in [5.74, 6) is -0.649. The number of ether oxygens (including phenoxy) is 1. The molecule has 2 aromatic rings. The largest absolute Gasteiger partial charge is 0.377 e. The molecule has 2 heterocycles. The molecule has 3 rings (SSSR count). The summed E-state index contributed by atoms with van der Waals surface area (Å²) < 4.78 is 4.98. The third-order valence-corrected chi connectivity index (χ3v) is 4.59.